The fraction of sp³-hybridized carbons (Fsp3) is 0.400. The van der Waals surface area contributed by atoms with Crippen molar-refractivity contribution < 1.29 is 13.2 Å². The van der Waals surface area contributed by atoms with E-state index in [4.69, 9.17) is 0 Å². The van der Waals surface area contributed by atoms with Gasteiger partial charge in [-0.3, -0.25) is 4.79 Å². The topological polar surface area (TPSA) is 100 Å². The minimum Gasteiger partial charge on any atom is -0.372 e. The van der Waals surface area contributed by atoms with Crippen LogP contribution < -0.4 is 15.4 Å². The molecule has 1 heterocycles. The zero-order chi connectivity index (χ0) is 14.5. The Bertz CT molecular complexity index is 562. The fourth-order valence-electron chi connectivity index (χ4n) is 1.31. The van der Waals surface area contributed by atoms with Gasteiger partial charge in [-0.05, 0) is 29.0 Å². The van der Waals surface area contributed by atoms with E-state index in [1.54, 1.807) is 19.3 Å². The van der Waals surface area contributed by atoms with E-state index in [1.807, 2.05) is 0 Å². The van der Waals surface area contributed by atoms with E-state index < -0.39 is 10.0 Å². The first-order chi connectivity index (χ1) is 8.89. The lowest BCUT2D eigenvalue weighted by Gasteiger charge is -2.09. The number of halogens is 1. The molecule has 0 atom stereocenters. The van der Waals surface area contributed by atoms with Crippen LogP contribution in [0, 0.1) is 0 Å². The monoisotopic (exact) mass is 350 g/mol. The Morgan fingerprint density at radius 2 is 2.11 bits per heavy atom. The molecule has 3 N–H and O–H groups in total. The van der Waals surface area contributed by atoms with E-state index in [0.29, 0.717) is 15.9 Å². The molecular formula is C10H15BrN4O3S. The van der Waals surface area contributed by atoms with Crippen molar-refractivity contribution in [1.82, 2.24) is 15.0 Å². The van der Waals surface area contributed by atoms with Crippen molar-refractivity contribution in [3.63, 3.8) is 0 Å². The first-order valence-corrected chi connectivity index (χ1v) is 7.87. The zero-order valence-electron chi connectivity index (χ0n) is 10.5. The molecule has 0 fully saturated rings. The number of nitrogens with zero attached hydrogens (tertiary/aromatic N) is 1. The Balaban J connectivity index is 2.71. The van der Waals surface area contributed by atoms with Crippen LogP contribution >= 0.6 is 15.9 Å². The molecule has 0 saturated heterocycles. The lowest BCUT2D eigenvalue weighted by molar-refractivity contribution is 0.0956. The van der Waals surface area contributed by atoms with Gasteiger partial charge >= 0.3 is 0 Å². The van der Waals surface area contributed by atoms with Crippen LogP contribution in [0.2, 0.25) is 0 Å². The van der Waals surface area contributed by atoms with Crippen molar-refractivity contribution in [3.8, 4) is 0 Å². The Morgan fingerprint density at radius 1 is 1.42 bits per heavy atom. The van der Waals surface area contributed by atoms with Crippen molar-refractivity contribution >= 4 is 37.7 Å². The number of pyridine rings is 1. The molecule has 0 saturated carbocycles. The van der Waals surface area contributed by atoms with Gasteiger partial charge in [0.2, 0.25) is 10.0 Å². The maximum atomic E-state index is 11.9. The maximum Gasteiger partial charge on any atom is 0.255 e. The summed E-state index contributed by atoms with van der Waals surface area (Å²) in [4.78, 5) is 16.0. The molecule has 0 radical (unpaired) electrons. The van der Waals surface area contributed by atoms with Crippen LogP contribution in [-0.4, -0.2) is 45.7 Å². The molecule has 0 unspecified atom stereocenters. The Hall–Kier alpha value is -1.19. The van der Waals surface area contributed by atoms with E-state index in [0.717, 1.165) is 0 Å². The summed E-state index contributed by atoms with van der Waals surface area (Å²) in [5.41, 5.74) is 0.346. The van der Waals surface area contributed by atoms with Crippen LogP contribution in [0.25, 0.3) is 0 Å². The standard InChI is InChI=1S/C10H15BrN4O3S/c1-12-9-8(5-7(11)6-15-9)10(16)14-3-4-19(17,18)13-2/h5-6,13H,3-4H2,1-2H3,(H,12,15)(H,14,16). The summed E-state index contributed by atoms with van der Waals surface area (Å²) in [6, 6.07) is 1.61. The molecule has 1 amide bonds. The van der Waals surface area contributed by atoms with Crippen molar-refractivity contribution in [2.75, 3.05) is 31.7 Å². The Morgan fingerprint density at radius 3 is 2.68 bits per heavy atom. The average molecular weight is 351 g/mol. The number of sulfonamides is 1. The summed E-state index contributed by atoms with van der Waals surface area (Å²) in [6.45, 7) is 0.0255. The maximum absolute atomic E-state index is 11.9. The number of aromatic nitrogens is 1. The second-order valence-electron chi connectivity index (χ2n) is 3.58. The fourth-order valence-corrected chi connectivity index (χ4v) is 2.21. The van der Waals surface area contributed by atoms with Gasteiger partial charge in [0.25, 0.3) is 5.91 Å². The number of hydrogen-bond donors (Lipinski definition) is 3. The third-order valence-electron chi connectivity index (χ3n) is 2.30. The molecule has 19 heavy (non-hydrogen) atoms. The van der Waals surface area contributed by atoms with Gasteiger partial charge in [-0.1, -0.05) is 0 Å². The highest BCUT2D eigenvalue weighted by Crippen LogP contribution is 2.17. The summed E-state index contributed by atoms with van der Waals surface area (Å²) in [5.74, 6) is -0.132. The number of anilines is 1. The number of nitrogens with one attached hydrogen (secondary N) is 3. The van der Waals surface area contributed by atoms with Crippen molar-refractivity contribution in [3.05, 3.63) is 22.3 Å². The van der Waals surface area contributed by atoms with Crippen LogP contribution in [0.5, 0.6) is 0 Å². The predicted molar refractivity (Wildman–Crippen MR) is 76.7 cm³/mol. The predicted octanol–water partition coefficient (Wildman–Crippen LogP) is 0.165. The van der Waals surface area contributed by atoms with Gasteiger partial charge in [-0.25, -0.2) is 18.1 Å². The van der Waals surface area contributed by atoms with Crippen LogP contribution in [0.3, 0.4) is 0 Å². The van der Waals surface area contributed by atoms with E-state index in [9.17, 15) is 13.2 Å². The summed E-state index contributed by atoms with van der Waals surface area (Å²) in [7, 11) is -0.347. The second kappa shape index (κ2) is 6.83. The molecule has 106 valence electrons. The Kier molecular flexibility index (Phi) is 5.70. The molecule has 1 rings (SSSR count). The number of hydrogen-bond acceptors (Lipinski definition) is 5. The van der Waals surface area contributed by atoms with Crippen molar-refractivity contribution in [1.29, 1.82) is 0 Å². The van der Waals surface area contributed by atoms with E-state index in [2.05, 4.69) is 36.3 Å². The van der Waals surface area contributed by atoms with Gasteiger partial charge in [0.15, 0.2) is 0 Å². The third kappa shape index (κ3) is 4.77. The molecule has 1 aromatic heterocycles. The van der Waals surface area contributed by atoms with Crippen molar-refractivity contribution in [2.24, 2.45) is 0 Å². The molecule has 0 aromatic carbocycles. The molecular weight excluding hydrogens is 336 g/mol. The highest BCUT2D eigenvalue weighted by atomic mass is 79.9. The zero-order valence-corrected chi connectivity index (χ0v) is 12.9. The van der Waals surface area contributed by atoms with Crippen LogP contribution in [-0.2, 0) is 10.0 Å². The number of carbonyl (C=O) groups is 1. The lowest BCUT2D eigenvalue weighted by Crippen LogP contribution is -2.33. The summed E-state index contributed by atoms with van der Waals surface area (Å²) < 4.78 is 25.2. The smallest absolute Gasteiger partial charge is 0.255 e. The summed E-state index contributed by atoms with van der Waals surface area (Å²) in [5, 5.41) is 5.33. The van der Waals surface area contributed by atoms with E-state index in [1.165, 1.54) is 7.05 Å². The molecule has 7 nitrogen and oxygen atoms in total. The summed E-state index contributed by atoms with van der Waals surface area (Å²) in [6.07, 6.45) is 1.56. The molecule has 9 heteroatoms. The van der Waals surface area contributed by atoms with Gasteiger partial charge in [0.1, 0.15) is 5.82 Å². The van der Waals surface area contributed by atoms with Crippen molar-refractivity contribution in [2.45, 2.75) is 0 Å². The normalized spacial score (nSPS) is 11.1. The van der Waals surface area contributed by atoms with Gasteiger partial charge in [-0.2, -0.15) is 0 Å². The molecule has 1 aromatic rings. The largest absolute Gasteiger partial charge is 0.372 e. The van der Waals surface area contributed by atoms with E-state index in [-0.39, 0.29) is 18.2 Å². The van der Waals surface area contributed by atoms with Gasteiger partial charge < -0.3 is 10.6 Å². The first-order valence-electron chi connectivity index (χ1n) is 5.42. The molecule has 0 aliphatic heterocycles. The molecule has 0 spiro atoms. The third-order valence-corrected chi connectivity index (χ3v) is 4.10. The van der Waals surface area contributed by atoms with Gasteiger partial charge in [0.05, 0.1) is 11.3 Å². The number of carbonyl (C=O) groups excluding carboxylic acids is 1. The van der Waals surface area contributed by atoms with Crippen LogP contribution in [0.1, 0.15) is 10.4 Å². The SMILES string of the molecule is CNc1ncc(Br)cc1C(=O)NCCS(=O)(=O)NC. The first kappa shape index (κ1) is 15.9. The average Bonchev–Trinajstić information content (AvgIpc) is 2.38. The molecule has 0 bridgehead atoms. The lowest BCUT2D eigenvalue weighted by atomic mass is 10.2. The molecule has 0 aliphatic carbocycles. The minimum atomic E-state index is -3.33. The second-order valence-corrected chi connectivity index (χ2v) is 6.54. The summed E-state index contributed by atoms with van der Waals surface area (Å²) >= 11 is 3.23. The Labute approximate surface area is 120 Å². The van der Waals surface area contributed by atoms with Crippen LogP contribution in [0.15, 0.2) is 16.7 Å². The highest BCUT2D eigenvalue weighted by Gasteiger charge is 2.13. The minimum absolute atomic E-state index is 0.0255. The van der Waals surface area contributed by atoms with Crippen LogP contribution in [0.4, 0.5) is 5.82 Å². The number of rotatable bonds is 6. The van der Waals surface area contributed by atoms with E-state index >= 15 is 0 Å². The number of amides is 1. The molecule has 0 aliphatic rings. The van der Waals surface area contributed by atoms with Gasteiger partial charge in [0, 0.05) is 24.3 Å². The highest BCUT2D eigenvalue weighted by molar-refractivity contribution is 9.10. The quantitative estimate of drug-likeness (QED) is 0.678. The van der Waals surface area contributed by atoms with Gasteiger partial charge in [-0.15, -0.1) is 0 Å².